The summed E-state index contributed by atoms with van der Waals surface area (Å²) in [5.41, 5.74) is 3.96. The second kappa shape index (κ2) is 10.8. The molecule has 4 aromatic rings. The van der Waals surface area contributed by atoms with Gasteiger partial charge in [-0.3, -0.25) is 4.79 Å². The minimum Gasteiger partial charge on any atom is -0.494 e. The Hall–Kier alpha value is -3.97. The fourth-order valence-electron chi connectivity index (χ4n) is 3.36. The molecule has 7 heteroatoms. The molecule has 4 rings (SSSR count). The molecular weight excluding hydrogens is 496 g/mol. The van der Waals surface area contributed by atoms with Gasteiger partial charge in [-0.15, -0.1) is 0 Å². The van der Waals surface area contributed by atoms with E-state index in [0.29, 0.717) is 34.8 Å². The van der Waals surface area contributed by atoms with Gasteiger partial charge < -0.3 is 9.47 Å². The smallest absolute Gasteiger partial charge is 0.343 e. The minimum absolute atomic E-state index is 0.332. The van der Waals surface area contributed by atoms with Crippen LogP contribution >= 0.6 is 15.9 Å². The maximum absolute atomic E-state index is 12.8. The zero-order valence-electron chi connectivity index (χ0n) is 18.3. The monoisotopic (exact) mass is 516 g/mol. The van der Waals surface area contributed by atoms with Crippen LogP contribution in [0.25, 0.3) is 10.8 Å². The van der Waals surface area contributed by atoms with E-state index in [9.17, 15) is 9.59 Å². The molecule has 0 fully saturated rings. The lowest BCUT2D eigenvalue weighted by Gasteiger charge is -2.11. The summed E-state index contributed by atoms with van der Waals surface area (Å²) in [7, 11) is 0. The predicted octanol–water partition coefficient (Wildman–Crippen LogP) is 5.98. The van der Waals surface area contributed by atoms with Crippen molar-refractivity contribution in [2.45, 2.75) is 6.92 Å². The molecular formula is C27H21BrN2O4. The highest BCUT2D eigenvalue weighted by Gasteiger charge is 2.14. The van der Waals surface area contributed by atoms with E-state index in [0.717, 1.165) is 15.2 Å². The van der Waals surface area contributed by atoms with Crippen LogP contribution < -0.4 is 14.9 Å². The number of hydrogen-bond donors (Lipinski definition) is 1. The Morgan fingerprint density at radius 1 is 0.941 bits per heavy atom. The number of esters is 1. The van der Waals surface area contributed by atoms with Crippen molar-refractivity contribution < 1.29 is 19.1 Å². The van der Waals surface area contributed by atoms with Crippen LogP contribution in [0, 0.1) is 0 Å². The molecule has 34 heavy (non-hydrogen) atoms. The van der Waals surface area contributed by atoms with Gasteiger partial charge in [-0.25, -0.2) is 10.2 Å². The Bertz CT molecular complexity index is 1370. The van der Waals surface area contributed by atoms with Gasteiger partial charge in [0.15, 0.2) is 0 Å². The second-order valence-corrected chi connectivity index (χ2v) is 8.17. The van der Waals surface area contributed by atoms with Crippen molar-refractivity contribution in [1.29, 1.82) is 0 Å². The third-order valence-electron chi connectivity index (χ3n) is 4.98. The number of fused-ring (bicyclic) bond motifs is 1. The van der Waals surface area contributed by atoms with Crippen LogP contribution in [0.5, 0.6) is 11.5 Å². The van der Waals surface area contributed by atoms with Crippen LogP contribution in [0.4, 0.5) is 0 Å². The fraction of sp³-hybridized carbons (Fsp3) is 0.0741. The van der Waals surface area contributed by atoms with Crippen LogP contribution in [0.3, 0.4) is 0 Å². The number of nitrogens with zero attached hydrogens (tertiary/aromatic N) is 1. The third-order valence-corrected chi connectivity index (χ3v) is 5.47. The Morgan fingerprint density at radius 3 is 2.50 bits per heavy atom. The van der Waals surface area contributed by atoms with Crippen molar-refractivity contribution in [2.24, 2.45) is 5.10 Å². The molecule has 0 unspecified atom stereocenters. The van der Waals surface area contributed by atoms with Gasteiger partial charge in [0.2, 0.25) is 0 Å². The average Bonchev–Trinajstić information content (AvgIpc) is 2.85. The molecule has 170 valence electrons. The molecule has 1 N–H and O–H groups in total. The van der Waals surface area contributed by atoms with Crippen molar-refractivity contribution in [2.75, 3.05) is 6.61 Å². The molecule has 0 aliphatic heterocycles. The first-order chi connectivity index (χ1) is 16.5. The van der Waals surface area contributed by atoms with Gasteiger partial charge in [-0.2, -0.15) is 5.10 Å². The van der Waals surface area contributed by atoms with E-state index in [1.165, 1.54) is 6.21 Å². The first-order valence-electron chi connectivity index (χ1n) is 10.6. The molecule has 0 aromatic heterocycles. The summed E-state index contributed by atoms with van der Waals surface area (Å²) in [6.45, 7) is 2.44. The van der Waals surface area contributed by atoms with Crippen molar-refractivity contribution >= 4 is 44.8 Å². The Balaban J connectivity index is 1.59. The number of halogens is 1. The molecule has 0 aliphatic carbocycles. The Kier molecular flexibility index (Phi) is 7.34. The molecule has 0 heterocycles. The fourth-order valence-corrected chi connectivity index (χ4v) is 3.76. The van der Waals surface area contributed by atoms with Crippen LogP contribution in [0.1, 0.15) is 33.2 Å². The summed E-state index contributed by atoms with van der Waals surface area (Å²) in [6.07, 6.45) is 1.49. The van der Waals surface area contributed by atoms with E-state index in [-0.39, 0.29) is 5.91 Å². The van der Waals surface area contributed by atoms with Crippen LogP contribution in [-0.4, -0.2) is 24.7 Å². The first-order valence-corrected chi connectivity index (χ1v) is 11.4. The number of carbonyl (C=O) groups excluding carboxylic acids is 2. The highest BCUT2D eigenvalue weighted by Crippen LogP contribution is 2.27. The van der Waals surface area contributed by atoms with Crippen molar-refractivity contribution in [3.8, 4) is 11.5 Å². The molecule has 4 aromatic carbocycles. The Labute approximate surface area is 205 Å². The van der Waals surface area contributed by atoms with E-state index in [1.54, 1.807) is 48.5 Å². The van der Waals surface area contributed by atoms with E-state index in [1.807, 2.05) is 43.3 Å². The van der Waals surface area contributed by atoms with E-state index in [2.05, 4.69) is 26.5 Å². The van der Waals surface area contributed by atoms with E-state index < -0.39 is 5.97 Å². The topological polar surface area (TPSA) is 77.0 Å². The van der Waals surface area contributed by atoms with Crippen LogP contribution in [-0.2, 0) is 0 Å². The van der Waals surface area contributed by atoms with Crippen molar-refractivity contribution in [1.82, 2.24) is 5.43 Å². The number of nitrogens with one attached hydrogen (secondary N) is 1. The number of rotatable bonds is 7. The lowest BCUT2D eigenvalue weighted by Crippen LogP contribution is -2.17. The number of hydrazone groups is 1. The number of carbonyl (C=O) groups is 2. The molecule has 0 saturated heterocycles. The van der Waals surface area contributed by atoms with Gasteiger partial charge in [-0.05, 0) is 66.2 Å². The summed E-state index contributed by atoms with van der Waals surface area (Å²) in [6, 6.07) is 25.0. The summed E-state index contributed by atoms with van der Waals surface area (Å²) in [5.74, 6) is 0.147. The summed E-state index contributed by atoms with van der Waals surface area (Å²) < 4.78 is 11.9. The highest BCUT2D eigenvalue weighted by atomic mass is 79.9. The molecule has 0 radical (unpaired) electrons. The second-order valence-electron chi connectivity index (χ2n) is 7.25. The van der Waals surface area contributed by atoms with Crippen molar-refractivity contribution in [3.63, 3.8) is 0 Å². The molecule has 6 nitrogen and oxygen atoms in total. The average molecular weight is 517 g/mol. The molecule has 0 aliphatic rings. The zero-order valence-corrected chi connectivity index (χ0v) is 19.9. The molecule has 0 spiro atoms. The molecule has 1 amide bonds. The number of hydrogen-bond acceptors (Lipinski definition) is 5. The van der Waals surface area contributed by atoms with Gasteiger partial charge in [-0.1, -0.05) is 52.3 Å². The Morgan fingerprint density at radius 2 is 1.74 bits per heavy atom. The summed E-state index contributed by atoms with van der Waals surface area (Å²) in [4.78, 5) is 25.2. The van der Waals surface area contributed by atoms with Gasteiger partial charge >= 0.3 is 5.97 Å². The standard InChI is InChI=1S/C27H21BrN2O4/c1-2-33-22-13-10-19(11-14-22)27(32)34-25-15-12-18-6-3-4-9-23(18)24(25)17-29-30-26(31)20-7-5-8-21(28)16-20/h3-17H,2H2,1H3,(H,30,31)/b29-17+. The van der Waals surface area contributed by atoms with Gasteiger partial charge in [0.05, 0.1) is 18.4 Å². The van der Waals surface area contributed by atoms with Gasteiger partial charge in [0.1, 0.15) is 11.5 Å². The van der Waals surface area contributed by atoms with E-state index in [4.69, 9.17) is 9.47 Å². The highest BCUT2D eigenvalue weighted by molar-refractivity contribution is 9.10. The van der Waals surface area contributed by atoms with Gasteiger partial charge in [0.25, 0.3) is 5.91 Å². The van der Waals surface area contributed by atoms with Crippen molar-refractivity contribution in [3.05, 3.63) is 106 Å². The normalized spacial score (nSPS) is 10.9. The number of amides is 1. The summed E-state index contributed by atoms with van der Waals surface area (Å²) in [5, 5.41) is 5.90. The molecule has 0 atom stereocenters. The SMILES string of the molecule is CCOc1ccc(C(=O)Oc2ccc3ccccc3c2/C=N/NC(=O)c2cccc(Br)c2)cc1. The minimum atomic E-state index is -0.508. The van der Waals surface area contributed by atoms with Crippen LogP contribution in [0.15, 0.2) is 94.5 Å². The third kappa shape index (κ3) is 5.50. The first kappa shape index (κ1) is 23.2. The summed E-state index contributed by atoms with van der Waals surface area (Å²) >= 11 is 3.35. The van der Waals surface area contributed by atoms with Crippen LogP contribution in [0.2, 0.25) is 0 Å². The largest absolute Gasteiger partial charge is 0.494 e. The maximum atomic E-state index is 12.8. The zero-order chi connectivity index (χ0) is 23.9. The van der Waals surface area contributed by atoms with Gasteiger partial charge in [0, 0.05) is 15.6 Å². The maximum Gasteiger partial charge on any atom is 0.343 e. The molecule has 0 bridgehead atoms. The lowest BCUT2D eigenvalue weighted by molar-refractivity contribution is 0.0734. The number of ether oxygens (including phenoxy) is 2. The number of benzene rings is 4. The predicted molar refractivity (Wildman–Crippen MR) is 136 cm³/mol. The quantitative estimate of drug-likeness (QED) is 0.142. The van der Waals surface area contributed by atoms with E-state index >= 15 is 0 Å². The molecule has 0 saturated carbocycles. The lowest BCUT2D eigenvalue weighted by atomic mass is 10.0.